The summed E-state index contributed by atoms with van der Waals surface area (Å²) in [6.07, 6.45) is 2.43. The molecule has 2 fully saturated rings. The number of carbonyl (C=O) groups is 2. The van der Waals surface area contributed by atoms with E-state index in [1.54, 1.807) is 23.1 Å². The Morgan fingerprint density at radius 1 is 1.24 bits per heavy atom. The number of amides is 3. The zero-order chi connectivity index (χ0) is 19.7. The van der Waals surface area contributed by atoms with Gasteiger partial charge in [-0.2, -0.15) is 0 Å². The molecule has 160 valence electrons. The second-order valence-corrected chi connectivity index (χ2v) is 8.16. The van der Waals surface area contributed by atoms with Gasteiger partial charge >= 0.3 is 6.03 Å². The number of ether oxygens (including phenoxy) is 2. The van der Waals surface area contributed by atoms with Crippen LogP contribution < -0.4 is 20.5 Å². The number of rotatable bonds is 3. The number of anilines is 1. The van der Waals surface area contributed by atoms with E-state index in [4.69, 9.17) is 15.2 Å². The van der Waals surface area contributed by atoms with E-state index in [1.807, 2.05) is 4.90 Å². The van der Waals surface area contributed by atoms with Crippen molar-refractivity contribution < 1.29 is 19.1 Å². The van der Waals surface area contributed by atoms with Crippen molar-refractivity contribution in [2.75, 3.05) is 44.7 Å². The lowest BCUT2D eigenvalue weighted by Gasteiger charge is -2.29. The molecule has 0 saturated carbocycles. The van der Waals surface area contributed by atoms with Crippen LogP contribution in [0, 0.1) is 5.41 Å². The molecule has 0 radical (unpaired) electrons. The SMILES string of the molecule is CC1(CN)CCN(C(=O)[C@@H]2CCCN2C(=O)Nc2ccc3c(c2)OCCO3)C1.Cl. The van der Waals surface area contributed by atoms with Gasteiger partial charge in [0.25, 0.3) is 0 Å². The molecule has 3 aliphatic rings. The van der Waals surface area contributed by atoms with Gasteiger partial charge in [0.1, 0.15) is 19.3 Å². The number of benzene rings is 1. The standard InChI is InChI=1S/C20H28N4O4.ClH/c1-20(12-21)6-8-23(13-20)18(25)15-3-2-7-24(15)19(26)22-14-4-5-16-17(11-14)28-10-9-27-16;/h4-5,11,15H,2-3,6-10,12-13,21H2,1H3,(H,22,26);1H/t15-,20?;/m0./s1. The number of fused-ring (bicyclic) bond motifs is 1. The summed E-state index contributed by atoms with van der Waals surface area (Å²) in [4.78, 5) is 29.4. The number of carbonyl (C=O) groups excluding carboxylic acids is 2. The van der Waals surface area contributed by atoms with Crippen LogP contribution in [-0.2, 0) is 4.79 Å². The molecule has 4 rings (SSSR count). The molecular weight excluding hydrogens is 396 g/mol. The normalized spacial score (nSPS) is 25.5. The van der Waals surface area contributed by atoms with Crippen LogP contribution >= 0.6 is 12.4 Å². The third-order valence-electron chi connectivity index (χ3n) is 5.95. The summed E-state index contributed by atoms with van der Waals surface area (Å²) in [6, 6.07) is 4.66. The smallest absolute Gasteiger partial charge is 0.322 e. The van der Waals surface area contributed by atoms with E-state index in [0.29, 0.717) is 63.0 Å². The van der Waals surface area contributed by atoms with Gasteiger partial charge in [-0.15, -0.1) is 12.4 Å². The largest absolute Gasteiger partial charge is 0.486 e. The molecule has 3 N–H and O–H groups in total. The molecule has 0 aromatic heterocycles. The molecule has 1 aromatic rings. The molecule has 1 aromatic carbocycles. The Balaban J connectivity index is 0.00000240. The van der Waals surface area contributed by atoms with E-state index in [-0.39, 0.29) is 29.8 Å². The molecule has 0 bridgehead atoms. The minimum atomic E-state index is -0.405. The van der Waals surface area contributed by atoms with Crippen LogP contribution in [0.25, 0.3) is 0 Å². The van der Waals surface area contributed by atoms with Crippen molar-refractivity contribution in [3.05, 3.63) is 18.2 Å². The van der Waals surface area contributed by atoms with Crippen molar-refractivity contribution in [1.82, 2.24) is 9.80 Å². The lowest BCUT2D eigenvalue weighted by atomic mass is 9.90. The molecule has 0 spiro atoms. The number of nitrogens with two attached hydrogens (primary N) is 1. The molecule has 3 aliphatic heterocycles. The number of urea groups is 1. The summed E-state index contributed by atoms with van der Waals surface area (Å²) >= 11 is 0. The van der Waals surface area contributed by atoms with Gasteiger partial charge in [0.2, 0.25) is 5.91 Å². The van der Waals surface area contributed by atoms with Crippen molar-refractivity contribution in [3.63, 3.8) is 0 Å². The molecule has 2 saturated heterocycles. The summed E-state index contributed by atoms with van der Waals surface area (Å²) in [5.74, 6) is 1.33. The fraction of sp³-hybridized carbons (Fsp3) is 0.600. The fourth-order valence-corrected chi connectivity index (χ4v) is 4.17. The van der Waals surface area contributed by atoms with Crippen LogP contribution in [0.1, 0.15) is 26.2 Å². The minimum Gasteiger partial charge on any atom is -0.486 e. The molecule has 29 heavy (non-hydrogen) atoms. The predicted molar refractivity (Wildman–Crippen MR) is 112 cm³/mol. The van der Waals surface area contributed by atoms with Gasteiger partial charge in [0, 0.05) is 31.4 Å². The van der Waals surface area contributed by atoms with Crippen molar-refractivity contribution >= 4 is 30.0 Å². The monoisotopic (exact) mass is 424 g/mol. The van der Waals surface area contributed by atoms with E-state index in [0.717, 1.165) is 12.8 Å². The van der Waals surface area contributed by atoms with Crippen LogP contribution in [0.2, 0.25) is 0 Å². The van der Waals surface area contributed by atoms with Crippen molar-refractivity contribution in [3.8, 4) is 11.5 Å². The average Bonchev–Trinajstić information content (AvgIpc) is 3.35. The first-order valence-corrected chi connectivity index (χ1v) is 9.95. The zero-order valence-electron chi connectivity index (χ0n) is 16.7. The van der Waals surface area contributed by atoms with E-state index >= 15 is 0 Å². The highest BCUT2D eigenvalue weighted by molar-refractivity contribution is 5.94. The van der Waals surface area contributed by atoms with Crippen molar-refractivity contribution in [2.45, 2.75) is 32.2 Å². The summed E-state index contributed by atoms with van der Waals surface area (Å²) in [5.41, 5.74) is 6.47. The van der Waals surface area contributed by atoms with E-state index in [2.05, 4.69) is 12.2 Å². The third-order valence-corrected chi connectivity index (χ3v) is 5.95. The van der Waals surface area contributed by atoms with Crippen LogP contribution in [-0.4, -0.2) is 67.2 Å². The maximum absolute atomic E-state index is 13.0. The number of hydrogen-bond acceptors (Lipinski definition) is 5. The maximum Gasteiger partial charge on any atom is 0.322 e. The highest BCUT2D eigenvalue weighted by Gasteiger charge is 2.41. The molecule has 8 nitrogen and oxygen atoms in total. The topological polar surface area (TPSA) is 97.1 Å². The number of nitrogens with one attached hydrogen (secondary N) is 1. The first-order chi connectivity index (χ1) is 13.5. The minimum absolute atomic E-state index is 0. The Hall–Kier alpha value is -2.19. The van der Waals surface area contributed by atoms with Gasteiger partial charge in [0.05, 0.1) is 0 Å². The van der Waals surface area contributed by atoms with E-state index in [1.165, 1.54) is 0 Å². The quantitative estimate of drug-likeness (QED) is 0.774. The summed E-state index contributed by atoms with van der Waals surface area (Å²) in [6.45, 7) is 5.64. The van der Waals surface area contributed by atoms with Gasteiger partial charge < -0.3 is 30.3 Å². The Morgan fingerprint density at radius 3 is 2.72 bits per heavy atom. The first-order valence-electron chi connectivity index (χ1n) is 9.95. The Kier molecular flexibility index (Phi) is 6.43. The van der Waals surface area contributed by atoms with Gasteiger partial charge in [-0.25, -0.2) is 4.79 Å². The third kappa shape index (κ3) is 4.38. The molecule has 0 aliphatic carbocycles. The maximum atomic E-state index is 13.0. The summed E-state index contributed by atoms with van der Waals surface area (Å²) < 4.78 is 11.1. The van der Waals surface area contributed by atoms with Crippen LogP contribution in [0.4, 0.5) is 10.5 Å². The number of hydrogen-bond donors (Lipinski definition) is 2. The summed E-state index contributed by atoms with van der Waals surface area (Å²) in [5, 5.41) is 2.90. The van der Waals surface area contributed by atoms with E-state index in [9.17, 15) is 9.59 Å². The van der Waals surface area contributed by atoms with Crippen LogP contribution in [0.3, 0.4) is 0 Å². The van der Waals surface area contributed by atoms with Crippen molar-refractivity contribution in [1.29, 1.82) is 0 Å². The number of halogens is 1. The van der Waals surface area contributed by atoms with Gasteiger partial charge in [-0.3, -0.25) is 4.79 Å². The molecular formula is C20H29ClN4O4. The average molecular weight is 425 g/mol. The molecule has 9 heteroatoms. The second kappa shape index (κ2) is 8.67. The van der Waals surface area contributed by atoms with Gasteiger partial charge in [-0.1, -0.05) is 6.92 Å². The highest BCUT2D eigenvalue weighted by Crippen LogP contribution is 2.33. The van der Waals surface area contributed by atoms with Gasteiger partial charge in [-0.05, 0) is 43.4 Å². The first kappa shape index (κ1) is 21.5. The second-order valence-electron chi connectivity index (χ2n) is 8.16. The lowest BCUT2D eigenvalue weighted by molar-refractivity contribution is -0.134. The molecule has 1 unspecified atom stereocenters. The number of nitrogens with zero attached hydrogens (tertiary/aromatic N) is 2. The highest BCUT2D eigenvalue weighted by atomic mass is 35.5. The van der Waals surface area contributed by atoms with Crippen LogP contribution in [0.15, 0.2) is 18.2 Å². The van der Waals surface area contributed by atoms with Gasteiger partial charge in [0.15, 0.2) is 11.5 Å². The summed E-state index contributed by atoms with van der Waals surface area (Å²) in [7, 11) is 0. The fourth-order valence-electron chi connectivity index (χ4n) is 4.17. The zero-order valence-corrected chi connectivity index (χ0v) is 17.5. The Bertz CT molecular complexity index is 777. The Morgan fingerprint density at radius 2 is 2.00 bits per heavy atom. The van der Waals surface area contributed by atoms with Crippen molar-refractivity contribution in [2.24, 2.45) is 11.1 Å². The predicted octanol–water partition coefficient (Wildman–Crippen LogP) is 2.07. The lowest BCUT2D eigenvalue weighted by Crippen LogP contribution is -2.49. The van der Waals surface area contributed by atoms with E-state index < -0.39 is 6.04 Å². The Labute approximate surface area is 177 Å². The molecule has 3 heterocycles. The van der Waals surface area contributed by atoms with Crippen LogP contribution in [0.5, 0.6) is 11.5 Å². The molecule has 3 amide bonds. The number of likely N-dealkylation sites (tertiary alicyclic amines) is 2. The molecule has 2 atom stereocenters.